The maximum atomic E-state index is 13.1. The Balaban J connectivity index is 2.26. The van der Waals surface area contributed by atoms with E-state index < -0.39 is 5.79 Å². The molecule has 0 saturated carbocycles. The fourth-order valence-corrected chi connectivity index (χ4v) is 1.72. The highest BCUT2D eigenvalue weighted by atomic mass is 19.1. The third-order valence-corrected chi connectivity index (χ3v) is 2.64. The van der Waals surface area contributed by atoms with E-state index in [2.05, 4.69) is 0 Å². The van der Waals surface area contributed by atoms with Gasteiger partial charge in [-0.3, -0.25) is 0 Å². The average molecular weight is 210 g/mol. The minimum absolute atomic E-state index is 0.259. The largest absolute Gasteiger partial charge is 0.346 e. The second-order valence-corrected chi connectivity index (χ2v) is 3.86. The van der Waals surface area contributed by atoms with Crippen molar-refractivity contribution in [2.45, 2.75) is 25.6 Å². The highest BCUT2D eigenvalue weighted by Gasteiger charge is 2.30. The molecule has 15 heavy (non-hydrogen) atoms. The van der Waals surface area contributed by atoms with Gasteiger partial charge in [0, 0.05) is 5.56 Å². The van der Waals surface area contributed by atoms with Crippen molar-refractivity contribution in [1.82, 2.24) is 0 Å². The first-order valence-electron chi connectivity index (χ1n) is 5.25. The Bertz CT molecular complexity index is 330. The Kier molecular flexibility index (Phi) is 3.03. The van der Waals surface area contributed by atoms with Gasteiger partial charge in [-0.2, -0.15) is 0 Å². The Hall–Kier alpha value is -0.930. The summed E-state index contributed by atoms with van der Waals surface area (Å²) in [5.74, 6) is -1.05. The summed E-state index contributed by atoms with van der Waals surface area (Å²) in [5, 5.41) is 0. The smallest absolute Gasteiger partial charge is 0.191 e. The van der Waals surface area contributed by atoms with E-state index >= 15 is 0 Å². The summed E-state index contributed by atoms with van der Waals surface area (Å²) < 4.78 is 24.4. The highest BCUT2D eigenvalue weighted by molar-refractivity contribution is 5.21. The van der Waals surface area contributed by atoms with Crippen LogP contribution in [0, 0.1) is 5.82 Å². The summed E-state index contributed by atoms with van der Waals surface area (Å²) in [6.45, 7) is 3.16. The molecule has 1 fully saturated rings. The van der Waals surface area contributed by atoms with Crippen molar-refractivity contribution >= 4 is 0 Å². The molecule has 0 aliphatic carbocycles. The van der Waals surface area contributed by atoms with Crippen LogP contribution in [0.25, 0.3) is 0 Å². The van der Waals surface area contributed by atoms with E-state index in [-0.39, 0.29) is 5.82 Å². The van der Waals surface area contributed by atoms with Crippen molar-refractivity contribution in [2.75, 3.05) is 13.2 Å². The van der Waals surface area contributed by atoms with Crippen LogP contribution in [-0.4, -0.2) is 13.2 Å². The minimum Gasteiger partial charge on any atom is -0.346 e. The molecule has 0 spiro atoms. The van der Waals surface area contributed by atoms with Gasteiger partial charge in [-0.15, -0.1) is 0 Å². The molecule has 3 heteroatoms. The van der Waals surface area contributed by atoms with E-state index in [1.54, 1.807) is 6.07 Å². The van der Waals surface area contributed by atoms with Gasteiger partial charge in [-0.05, 0) is 31.9 Å². The zero-order valence-corrected chi connectivity index (χ0v) is 8.83. The molecule has 1 aromatic carbocycles. The molecule has 1 aliphatic heterocycles. The molecule has 0 unspecified atom stereocenters. The van der Waals surface area contributed by atoms with Crippen LogP contribution < -0.4 is 0 Å². The molecule has 0 bridgehead atoms. The molecule has 0 radical (unpaired) electrons. The van der Waals surface area contributed by atoms with E-state index in [9.17, 15) is 4.39 Å². The van der Waals surface area contributed by atoms with Gasteiger partial charge in [-0.1, -0.05) is 12.1 Å². The molecule has 0 amide bonds. The van der Waals surface area contributed by atoms with Crippen molar-refractivity contribution < 1.29 is 13.9 Å². The minimum atomic E-state index is -0.793. The molecule has 82 valence electrons. The van der Waals surface area contributed by atoms with Gasteiger partial charge < -0.3 is 9.47 Å². The quantitative estimate of drug-likeness (QED) is 0.709. The van der Waals surface area contributed by atoms with Crippen LogP contribution in [0.1, 0.15) is 25.3 Å². The number of ether oxygens (including phenoxy) is 2. The van der Waals surface area contributed by atoms with Crippen LogP contribution in [0.2, 0.25) is 0 Å². The normalized spacial score (nSPS) is 20.9. The van der Waals surface area contributed by atoms with E-state index in [0.29, 0.717) is 13.2 Å². The fraction of sp³-hybridized carbons (Fsp3) is 0.500. The lowest BCUT2D eigenvalue weighted by Gasteiger charge is -2.28. The average Bonchev–Trinajstić information content (AvgIpc) is 2.44. The lowest BCUT2D eigenvalue weighted by Crippen LogP contribution is -2.28. The maximum Gasteiger partial charge on any atom is 0.191 e. The summed E-state index contributed by atoms with van der Waals surface area (Å²) >= 11 is 0. The first-order valence-corrected chi connectivity index (χ1v) is 5.25. The monoisotopic (exact) mass is 210 g/mol. The van der Waals surface area contributed by atoms with E-state index in [1.165, 1.54) is 12.1 Å². The third-order valence-electron chi connectivity index (χ3n) is 2.64. The standard InChI is InChI=1S/C12H15FO2/c1-12(14-7-2-3-8-15-12)10-5-4-6-11(13)9-10/h4-6,9H,2-3,7-8H2,1H3. The van der Waals surface area contributed by atoms with E-state index in [1.807, 2.05) is 13.0 Å². The van der Waals surface area contributed by atoms with Crippen molar-refractivity contribution in [3.8, 4) is 0 Å². The number of halogens is 1. The first kappa shape index (κ1) is 10.6. The van der Waals surface area contributed by atoms with Crippen LogP contribution in [-0.2, 0) is 15.3 Å². The summed E-state index contributed by atoms with van der Waals surface area (Å²) in [6, 6.07) is 6.39. The predicted octanol–water partition coefficient (Wildman–Crippen LogP) is 2.83. The van der Waals surface area contributed by atoms with Gasteiger partial charge in [0.15, 0.2) is 5.79 Å². The Morgan fingerprint density at radius 3 is 2.47 bits per heavy atom. The van der Waals surface area contributed by atoms with Gasteiger partial charge in [0.05, 0.1) is 13.2 Å². The van der Waals surface area contributed by atoms with Crippen LogP contribution in [0.4, 0.5) is 4.39 Å². The summed E-state index contributed by atoms with van der Waals surface area (Å²) in [6.07, 6.45) is 1.98. The second kappa shape index (κ2) is 4.29. The molecular weight excluding hydrogens is 195 g/mol. The van der Waals surface area contributed by atoms with Gasteiger partial charge in [0.1, 0.15) is 5.82 Å². The molecule has 0 atom stereocenters. The fourth-order valence-electron chi connectivity index (χ4n) is 1.72. The first-order chi connectivity index (χ1) is 7.21. The zero-order chi connectivity index (χ0) is 10.7. The lowest BCUT2D eigenvalue weighted by atomic mass is 10.1. The molecule has 2 nitrogen and oxygen atoms in total. The summed E-state index contributed by atoms with van der Waals surface area (Å²) in [7, 11) is 0. The van der Waals surface area contributed by atoms with E-state index in [0.717, 1.165) is 18.4 Å². The van der Waals surface area contributed by atoms with E-state index in [4.69, 9.17) is 9.47 Å². The number of hydrogen-bond acceptors (Lipinski definition) is 2. The van der Waals surface area contributed by atoms with Crippen molar-refractivity contribution in [2.24, 2.45) is 0 Å². The summed E-state index contributed by atoms with van der Waals surface area (Å²) in [5.41, 5.74) is 0.740. The Morgan fingerprint density at radius 1 is 1.20 bits per heavy atom. The molecule has 0 N–H and O–H groups in total. The van der Waals surface area contributed by atoms with Gasteiger partial charge in [0.2, 0.25) is 0 Å². The van der Waals surface area contributed by atoms with Crippen molar-refractivity contribution in [3.05, 3.63) is 35.6 Å². The molecule has 0 aromatic heterocycles. The molecule has 1 aromatic rings. The van der Waals surface area contributed by atoms with Crippen molar-refractivity contribution in [1.29, 1.82) is 0 Å². The maximum absolute atomic E-state index is 13.1. The summed E-state index contributed by atoms with van der Waals surface area (Å²) in [4.78, 5) is 0. The van der Waals surface area contributed by atoms with Crippen LogP contribution >= 0.6 is 0 Å². The van der Waals surface area contributed by atoms with Gasteiger partial charge >= 0.3 is 0 Å². The number of rotatable bonds is 1. The van der Waals surface area contributed by atoms with Gasteiger partial charge in [-0.25, -0.2) is 4.39 Å². The highest BCUT2D eigenvalue weighted by Crippen LogP contribution is 2.29. The topological polar surface area (TPSA) is 18.5 Å². The van der Waals surface area contributed by atoms with Crippen LogP contribution in [0.15, 0.2) is 24.3 Å². The lowest BCUT2D eigenvalue weighted by molar-refractivity contribution is -0.221. The molecular formula is C12H15FO2. The number of hydrogen-bond donors (Lipinski definition) is 0. The third kappa shape index (κ3) is 2.36. The molecule has 1 saturated heterocycles. The van der Waals surface area contributed by atoms with Crippen molar-refractivity contribution in [3.63, 3.8) is 0 Å². The van der Waals surface area contributed by atoms with Crippen LogP contribution in [0.5, 0.6) is 0 Å². The SMILES string of the molecule is CC1(c2cccc(F)c2)OCCCCO1. The molecule has 1 aliphatic rings. The molecule has 2 rings (SSSR count). The number of benzene rings is 1. The Morgan fingerprint density at radius 2 is 1.87 bits per heavy atom. The second-order valence-electron chi connectivity index (χ2n) is 3.86. The molecule has 1 heterocycles. The Labute approximate surface area is 89.0 Å². The predicted molar refractivity (Wildman–Crippen MR) is 54.9 cm³/mol. The zero-order valence-electron chi connectivity index (χ0n) is 8.83. The van der Waals surface area contributed by atoms with Gasteiger partial charge in [0.25, 0.3) is 0 Å². The van der Waals surface area contributed by atoms with Crippen LogP contribution in [0.3, 0.4) is 0 Å².